The standard InChI is InChI=1S/C27H32N2O4S.C2HF3O2/c1-5-6-14-29(18-22-10-8-7-9-11-22)25-13-12-23(17-24(25)27(30)31)28-34(32,33)26-20(3)15-19(2)16-21(26)4;3-2(4,5)1(6)7/h7-13,15-17,28H,5-6,14,18H2,1-4H3,(H,30,31);(H,6,7). The SMILES string of the molecule is CCCCN(Cc1ccccc1)c1ccc(NS(=O)(=O)c2c(C)cc(C)cc2C)cc1C(=O)O.O=C(O)C(F)(F)F. The number of unbranched alkanes of at least 4 members (excludes halogenated alkanes) is 1. The molecule has 12 heteroatoms. The van der Waals surface area contributed by atoms with E-state index in [0.717, 1.165) is 24.0 Å². The molecule has 0 fully saturated rings. The summed E-state index contributed by atoms with van der Waals surface area (Å²) in [6, 6.07) is 18.2. The van der Waals surface area contributed by atoms with Gasteiger partial charge in [0.25, 0.3) is 10.0 Å². The van der Waals surface area contributed by atoms with Gasteiger partial charge in [0.15, 0.2) is 0 Å². The number of aliphatic carboxylic acids is 1. The predicted octanol–water partition coefficient (Wildman–Crippen LogP) is 6.55. The van der Waals surface area contributed by atoms with Crippen LogP contribution in [0.2, 0.25) is 0 Å². The lowest BCUT2D eigenvalue weighted by Gasteiger charge is -2.27. The Morgan fingerprint density at radius 3 is 1.98 bits per heavy atom. The van der Waals surface area contributed by atoms with Crippen LogP contribution in [0.25, 0.3) is 0 Å². The summed E-state index contributed by atoms with van der Waals surface area (Å²) in [5.74, 6) is -3.86. The number of aromatic carboxylic acids is 1. The van der Waals surface area contributed by atoms with E-state index in [1.807, 2.05) is 54.3 Å². The van der Waals surface area contributed by atoms with Crippen molar-refractivity contribution < 1.29 is 41.4 Å². The molecule has 0 aromatic heterocycles. The van der Waals surface area contributed by atoms with Crippen molar-refractivity contribution in [1.29, 1.82) is 0 Å². The van der Waals surface area contributed by atoms with Gasteiger partial charge in [0.05, 0.1) is 16.1 Å². The first kappa shape index (κ1) is 33.1. The third-order valence-electron chi connectivity index (χ3n) is 5.93. The molecule has 0 bridgehead atoms. The average Bonchev–Trinajstić information content (AvgIpc) is 2.86. The van der Waals surface area contributed by atoms with Crippen molar-refractivity contribution in [2.75, 3.05) is 16.2 Å². The van der Waals surface area contributed by atoms with Gasteiger partial charge in [-0.25, -0.2) is 18.0 Å². The Morgan fingerprint density at radius 2 is 1.49 bits per heavy atom. The Labute approximate surface area is 237 Å². The number of nitrogens with one attached hydrogen (secondary N) is 1. The van der Waals surface area contributed by atoms with Gasteiger partial charge < -0.3 is 15.1 Å². The van der Waals surface area contributed by atoms with Crippen molar-refractivity contribution in [3.63, 3.8) is 0 Å². The van der Waals surface area contributed by atoms with Gasteiger partial charge in [0.1, 0.15) is 0 Å². The summed E-state index contributed by atoms with van der Waals surface area (Å²) in [7, 11) is -3.89. The van der Waals surface area contributed by atoms with Gasteiger partial charge in [0.2, 0.25) is 0 Å². The molecule has 0 unspecified atom stereocenters. The minimum atomic E-state index is -5.08. The highest BCUT2D eigenvalue weighted by Gasteiger charge is 2.38. The zero-order chi connectivity index (χ0) is 31.0. The Bertz CT molecular complexity index is 1450. The summed E-state index contributed by atoms with van der Waals surface area (Å²) in [6.45, 7) is 8.78. The Hall–Kier alpha value is -4.06. The third kappa shape index (κ3) is 9.52. The van der Waals surface area contributed by atoms with Crippen LogP contribution in [-0.2, 0) is 21.4 Å². The minimum absolute atomic E-state index is 0.0598. The van der Waals surface area contributed by atoms with Crippen molar-refractivity contribution in [1.82, 2.24) is 0 Å². The number of sulfonamides is 1. The van der Waals surface area contributed by atoms with Crippen LogP contribution in [0.15, 0.2) is 65.6 Å². The number of carbonyl (C=O) groups is 2. The Balaban J connectivity index is 0.000000745. The van der Waals surface area contributed by atoms with Crippen LogP contribution in [0, 0.1) is 20.8 Å². The number of carboxylic acids is 2. The fourth-order valence-electron chi connectivity index (χ4n) is 4.28. The molecule has 3 aromatic carbocycles. The number of rotatable bonds is 10. The van der Waals surface area contributed by atoms with Crippen molar-refractivity contribution in [3.05, 3.63) is 88.5 Å². The molecule has 3 rings (SSSR count). The number of nitrogens with zero attached hydrogens (tertiary/aromatic N) is 1. The monoisotopic (exact) mass is 594 g/mol. The second-order valence-corrected chi connectivity index (χ2v) is 11.1. The lowest BCUT2D eigenvalue weighted by Crippen LogP contribution is -2.26. The lowest BCUT2D eigenvalue weighted by molar-refractivity contribution is -0.192. The maximum absolute atomic E-state index is 13.2. The van der Waals surface area contributed by atoms with Gasteiger partial charge >= 0.3 is 18.1 Å². The van der Waals surface area contributed by atoms with E-state index in [4.69, 9.17) is 9.90 Å². The van der Waals surface area contributed by atoms with E-state index in [9.17, 15) is 31.5 Å². The van der Waals surface area contributed by atoms with Crippen LogP contribution in [0.5, 0.6) is 0 Å². The quantitative estimate of drug-likeness (QED) is 0.243. The number of hydrogen-bond donors (Lipinski definition) is 3. The summed E-state index contributed by atoms with van der Waals surface area (Å²) in [6.07, 6.45) is -3.20. The van der Waals surface area contributed by atoms with Gasteiger partial charge in [-0.05, 0) is 62.1 Å². The maximum atomic E-state index is 13.2. The largest absolute Gasteiger partial charge is 0.490 e. The molecule has 0 atom stereocenters. The molecular formula is C29H33F3N2O6S. The van der Waals surface area contributed by atoms with E-state index >= 15 is 0 Å². The van der Waals surface area contributed by atoms with Crippen LogP contribution in [0.1, 0.15) is 52.4 Å². The lowest BCUT2D eigenvalue weighted by atomic mass is 10.1. The number of halogens is 3. The Morgan fingerprint density at radius 1 is 0.927 bits per heavy atom. The second-order valence-electron chi connectivity index (χ2n) is 9.43. The Kier molecular flexibility index (Phi) is 11.3. The summed E-state index contributed by atoms with van der Waals surface area (Å²) >= 11 is 0. The first-order chi connectivity index (χ1) is 19.1. The molecule has 0 heterocycles. The van der Waals surface area contributed by atoms with E-state index in [-0.39, 0.29) is 16.1 Å². The molecule has 0 aliphatic rings. The topological polar surface area (TPSA) is 124 Å². The molecule has 0 saturated heterocycles. The summed E-state index contributed by atoms with van der Waals surface area (Å²) in [5.41, 5.74) is 4.19. The zero-order valence-corrected chi connectivity index (χ0v) is 23.9. The highest BCUT2D eigenvalue weighted by Crippen LogP contribution is 2.29. The molecule has 3 N–H and O–H groups in total. The highest BCUT2D eigenvalue weighted by molar-refractivity contribution is 7.92. The molecule has 3 aromatic rings. The van der Waals surface area contributed by atoms with E-state index in [1.165, 1.54) is 6.07 Å². The molecular weight excluding hydrogens is 561 g/mol. The molecule has 41 heavy (non-hydrogen) atoms. The number of benzene rings is 3. The zero-order valence-electron chi connectivity index (χ0n) is 23.1. The van der Waals surface area contributed by atoms with Crippen LogP contribution in [0.3, 0.4) is 0 Å². The van der Waals surface area contributed by atoms with Crippen molar-refractivity contribution in [2.24, 2.45) is 0 Å². The fourth-order valence-corrected chi connectivity index (χ4v) is 5.79. The maximum Gasteiger partial charge on any atom is 0.490 e. The van der Waals surface area contributed by atoms with Crippen LogP contribution >= 0.6 is 0 Å². The molecule has 0 radical (unpaired) electrons. The first-order valence-corrected chi connectivity index (χ1v) is 14.1. The first-order valence-electron chi connectivity index (χ1n) is 12.6. The molecule has 0 saturated carbocycles. The fraction of sp³-hybridized carbons (Fsp3) is 0.310. The third-order valence-corrected chi connectivity index (χ3v) is 7.62. The number of alkyl halides is 3. The van der Waals surface area contributed by atoms with Gasteiger partial charge in [-0.1, -0.05) is 61.4 Å². The number of hydrogen-bond acceptors (Lipinski definition) is 5. The molecule has 0 aliphatic heterocycles. The van der Waals surface area contributed by atoms with E-state index in [2.05, 4.69) is 11.6 Å². The molecule has 222 valence electrons. The van der Waals surface area contributed by atoms with Gasteiger partial charge in [-0.15, -0.1) is 0 Å². The van der Waals surface area contributed by atoms with Crippen LogP contribution < -0.4 is 9.62 Å². The highest BCUT2D eigenvalue weighted by atomic mass is 32.2. The van der Waals surface area contributed by atoms with Crippen molar-refractivity contribution >= 4 is 33.3 Å². The minimum Gasteiger partial charge on any atom is -0.478 e. The smallest absolute Gasteiger partial charge is 0.478 e. The predicted molar refractivity (Wildman–Crippen MR) is 151 cm³/mol. The summed E-state index contributed by atoms with van der Waals surface area (Å²) < 4.78 is 60.7. The van der Waals surface area contributed by atoms with Crippen molar-refractivity contribution in [3.8, 4) is 0 Å². The number of aryl methyl sites for hydroxylation is 3. The summed E-state index contributed by atoms with van der Waals surface area (Å²) in [4.78, 5) is 23.3. The van der Waals surface area contributed by atoms with Crippen LogP contribution in [-0.4, -0.2) is 43.3 Å². The molecule has 8 nitrogen and oxygen atoms in total. The number of anilines is 2. The average molecular weight is 595 g/mol. The molecule has 0 aliphatic carbocycles. The van der Waals surface area contributed by atoms with Gasteiger partial charge in [-0.3, -0.25) is 4.72 Å². The van der Waals surface area contributed by atoms with E-state index < -0.39 is 28.1 Å². The second kappa shape index (κ2) is 14.0. The van der Waals surface area contributed by atoms with Gasteiger partial charge in [0, 0.05) is 18.8 Å². The van der Waals surface area contributed by atoms with Gasteiger partial charge in [-0.2, -0.15) is 13.2 Å². The number of carboxylic acid groups (broad SMARTS) is 2. The van der Waals surface area contributed by atoms with Crippen LogP contribution in [0.4, 0.5) is 24.5 Å². The molecule has 0 amide bonds. The van der Waals surface area contributed by atoms with Crippen molar-refractivity contribution in [2.45, 2.75) is 58.2 Å². The van der Waals surface area contributed by atoms with E-state index in [0.29, 0.717) is 29.9 Å². The normalized spacial score (nSPS) is 11.3. The molecule has 0 spiro atoms. The van der Waals surface area contributed by atoms with E-state index in [1.54, 1.807) is 26.0 Å². The summed E-state index contributed by atoms with van der Waals surface area (Å²) in [5, 5.41) is 17.1.